The lowest BCUT2D eigenvalue weighted by molar-refractivity contribution is -0.113. The Balaban J connectivity index is 1.47. The maximum absolute atomic E-state index is 14.0. The Hall–Kier alpha value is -4.37. The molecule has 2 heterocycles. The fraction of sp³-hybridized carbons (Fsp3) is 0.148. The first-order valence-electron chi connectivity index (χ1n) is 11.4. The van der Waals surface area contributed by atoms with Crippen LogP contribution < -0.4 is 20.1 Å². The predicted molar refractivity (Wildman–Crippen MR) is 138 cm³/mol. The van der Waals surface area contributed by atoms with Crippen molar-refractivity contribution in [2.45, 2.75) is 19.6 Å². The highest BCUT2D eigenvalue weighted by Gasteiger charge is 2.34. The van der Waals surface area contributed by atoms with Crippen LogP contribution in [0.1, 0.15) is 24.1 Å². The molecule has 1 aromatic heterocycles. The average molecular weight is 520 g/mol. The van der Waals surface area contributed by atoms with Gasteiger partial charge in [0, 0.05) is 22.0 Å². The summed E-state index contributed by atoms with van der Waals surface area (Å²) in [6.45, 7) is 1.85. The molecule has 0 unspecified atom stereocenters. The number of hydrogen-bond donors (Lipinski definition) is 2. The summed E-state index contributed by atoms with van der Waals surface area (Å²) < 4.78 is 27.1. The topological polar surface area (TPSA) is 90.3 Å². The number of carbonyl (C=O) groups excluding carboxylic acids is 1. The van der Waals surface area contributed by atoms with Crippen LogP contribution in [0.25, 0.3) is 0 Å². The highest BCUT2D eigenvalue weighted by Crippen LogP contribution is 2.39. The number of methoxy groups -OCH3 is 1. The van der Waals surface area contributed by atoms with Gasteiger partial charge in [-0.05, 0) is 55.0 Å². The zero-order valence-electron chi connectivity index (χ0n) is 20.0. The third kappa shape index (κ3) is 4.99. The van der Waals surface area contributed by atoms with Gasteiger partial charge in [0.05, 0.1) is 12.7 Å². The van der Waals surface area contributed by atoms with Gasteiger partial charge >= 0.3 is 0 Å². The molecule has 0 aliphatic carbocycles. The number of amides is 1. The number of aromatic nitrogens is 3. The molecule has 10 heteroatoms. The fourth-order valence-electron chi connectivity index (χ4n) is 4.17. The Bertz CT molecular complexity index is 1490. The maximum Gasteiger partial charge on any atom is 0.255 e. The SMILES string of the molecule is COc1cc([C@H]2C(C(=O)Nc3ccc(Cl)cc3)=C(C)Nc3ncnn32)ccc1OCc1ccccc1F. The molecule has 1 atom stereocenters. The lowest BCUT2D eigenvalue weighted by atomic mass is 9.94. The zero-order chi connectivity index (χ0) is 25.9. The van der Waals surface area contributed by atoms with Gasteiger partial charge in [0.25, 0.3) is 5.91 Å². The number of hydrogen-bond acceptors (Lipinski definition) is 6. The van der Waals surface area contributed by atoms with Gasteiger partial charge in [0.1, 0.15) is 24.8 Å². The molecular weight excluding hydrogens is 497 g/mol. The van der Waals surface area contributed by atoms with Crippen LogP contribution >= 0.6 is 11.6 Å². The van der Waals surface area contributed by atoms with Crippen LogP contribution in [-0.2, 0) is 11.4 Å². The Morgan fingerprint density at radius 2 is 1.92 bits per heavy atom. The second kappa shape index (κ2) is 10.3. The number of fused-ring (bicyclic) bond motifs is 1. The van der Waals surface area contributed by atoms with E-state index in [1.807, 2.05) is 13.0 Å². The van der Waals surface area contributed by atoms with Crippen molar-refractivity contribution in [2.75, 3.05) is 17.7 Å². The van der Waals surface area contributed by atoms with Crippen LogP contribution in [-0.4, -0.2) is 27.8 Å². The highest BCUT2D eigenvalue weighted by atomic mass is 35.5. The molecule has 1 aliphatic rings. The van der Waals surface area contributed by atoms with Crippen molar-refractivity contribution >= 4 is 29.1 Å². The number of allylic oxidation sites excluding steroid dienone is 1. The summed E-state index contributed by atoms with van der Waals surface area (Å²) in [7, 11) is 1.52. The Morgan fingerprint density at radius 1 is 1.14 bits per heavy atom. The summed E-state index contributed by atoms with van der Waals surface area (Å²) in [5.41, 5.74) is 2.85. The summed E-state index contributed by atoms with van der Waals surface area (Å²) in [5.74, 6) is 0.726. The molecule has 0 saturated carbocycles. The smallest absolute Gasteiger partial charge is 0.255 e. The number of carbonyl (C=O) groups is 1. The molecule has 0 spiro atoms. The van der Waals surface area contributed by atoms with Gasteiger partial charge in [0.15, 0.2) is 11.5 Å². The van der Waals surface area contributed by atoms with E-state index < -0.39 is 6.04 Å². The van der Waals surface area contributed by atoms with Crippen molar-refractivity contribution in [3.05, 3.63) is 106 Å². The third-order valence-electron chi connectivity index (χ3n) is 5.99. The van der Waals surface area contributed by atoms with E-state index in [0.29, 0.717) is 45.0 Å². The largest absolute Gasteiger partial charge is 0.493 e. The van der Waals surface area contributed by atoms with E-state index in [9.17, 15) is 9.18 Å². The van der Waals surface area contributed by atoms with Gasteiger partial charge in [-0.15, -0.1) is 0 Å². The summed E-state index contributed by atoms with van der Waals surface area (Å²) >= 11 is 5.98. The molecule has 0 radical (unpaired) electrons. The van der Waals surface area contributed by atoms with Gasteiger partial charge in [-0.2, -0.15) is 10.1 Å². The molecule has 37 heavy (non-hydrogen) atoms. The highest BCUT2D eigenvalue weighted by molar-refractivity contribution is 6.30. The number of ether oxygens (including phenoxy) is 2. The molecule has 188 valence electrons. The molecule has 0 fully saturated rings. The first kappa shape index (κ1) is 24.3. The van der Waals surface area contributed by atoms with Crippen molar-refractivity contribution in [1.82, 2.24) is 14.8 Å². The summed E-state index contributed by atoms with van der Waals surface area (Å²) in [5, 5.41) is 11.0. The molecule has 1 amide bonds. The van der Waals surface area contributed by atoms with Crippen molar-refractivity contribution in [3.63, 3.8) is 0 Å². The van der Waals surface area contributed by atoms with Gasteiger partial charge in [-0.25, -0.2) is 9.07 Å². The van der Waals surface area contributed by atoms with Crippen LogP contribution in [0.5, 0.6) is 11.5 Å². The zero-order valence-corrected chi connectivity index (χ0v) is 20.8. The lowest BCUT2D eigenvalue weighted by Gasteiger charge is -2.29. The van der Waals surface area contributed by atoms with Crippen molar-refractivity contribution in [3.8, 4) is 11.5 Å². The average Bonchev–Trinajstić information content (AvgIpc) is 3.36. The van der Waals surface area contributed by atoms with E-state index in [-0.39, 0.29) is 18.3 Å². The van der Waals surface area contributed by atoms with Crippen LogP contribution in [0.2, 0.25) is 5.02 Å². The normalized spacial score (nSPS) is 14.5. The first-order valence-corrected chi connectivity index (χ1v) is 11.8. The second-order valence-corrected chi connectivity index (χ2v) is 8.78. The van der Waals surface area contributed by atoms with E-state index in [1.165, 1.54) is 19.5 Å². The first-order chi connectivity index (χ1) is 17.9. The molecule has 8 nitrogen and oxygen atoms in total. The molecule has 5 rings (SSSR count). The molecule has 4 aromatic rings. The third-order valence-corrected chi connectivity index (χ3v) is 6.24. The van der Waals surface area contributed by atoms with E-state index in [1.54, 1.807) is 59.3 Å². The number of halogens is 2. The second-order valence-electron chi connectivity index (χ2n) is 8.35. The Labute approximate surface area is 217 Å². The fourth-order valence-corrected chi connectivity index (χ4v) is 4.30. The van der Waals surface area contributed by atoms with E-state index in [0.717, 1.165) is 5.56 Å². The van der Waals surface area contributed by atoms with Crippen LogP contribution in [0, 0.1) is 5.82 Å². The quantitative estimate of drug-likeness (QED) is 0.331. The standard InChI is InChI=1S/C27H23ClFN5O3/c1-16-24(26(35)33-20-10-8-19(28)9-11-20)25(34-27(32-16)30-15-31-34)17-7-12-22(23(13-17)36-2)37-14-18-5-3-4-6-21(18)29/h3-13,15,25H,14H2,1-2H3,(H,33,35)(H,30,31,32)/t25-/m0/s1. The Morgan fingerprint density at radius 3 is 2.68 bits per heavy atom. The van der Waals surface area contributed by atoms with Crippen LogP contribution in [0.15, 0.2) is 84.3 Å². The molecule has 3 aromatic carbocycles. The minimum atomic E-state index is -0.597. The predicted octanol–water partition coefficient (Wildman–Crippen LogP) is 5.59. The summed E-state index contributed by atoms with van der Waals surface area (Å²) in [6.07, 6.45) is 1.42. The van der Waals surface area contributed by atoms with Gasteiger partial charge < -0.3 is 20.1 Å². The molecule has 0 bridgehead atoms. The summed E-state index contributed by atoms with van der Waals surface area (Å²) in [6, 6.07) is 18.0. The van der Waals surface area contributed by atoms with Gasteiger partial charge in [-0.3, -0.25) is 4.79 Å². The molecule has 2 N–H and O–H groups in total. The minimum Gasteiger partial charge on any atom is -0.493 e. The Kier molecular flexibility index (Phi) is 6.78. The number of nitrogens with one attached hydrogen (secondary N) is 2. The lowest BCUT2D eigenvalue weighted by Crippen LogP contribution is -2.31. The maximum atomic E-state index is 14.0. The van der Waals surface area contributed by atoms with E-state index in [4.69, 9.17) is 21.1 Å². The minimum absolute atomic E-state index is 0.0384. The van der Waals surface area contributed by atoms with Crippen LogP contribution in [0.4, 0.5) is 16.0 Å². The van der Waals surface area contributed by atoms with Gasteiger partial charge in [0.2, 0.25) is 5.95 Å². The van der Waals surface area contributed by atoms with Crippen LogP contribution in [0.3, 0.4) is 0 Å². The monoisotopic (exact) mass is 519 g/mol. The van der Waals surface area contributed by atoms with Gasteiger partial charge in [-0.1, -0.05) is 35.9 Å². The van der Waals surface area contributed by atoms with Crippen molar-refractivity contribution < 1.29 is 18.7 Å². The molecule has 0 saturated heterocycles. The number of anilines is 2. The number of nitrogens with zero attached hydrogens (tertiary/aromatic N) is 3. The molecular formula is C27H23ClFN5O3. The number of rotatable bonds is 7. The summed E-state index contributed by atoms with van der Waals surface area (Å²) in [4.78, 5) is 17.8. The molecule has 1 aliphatic heterocycles. The number of benzene rings is 3. The van der Waals surface area contributed by atoms with E-state index >= 15 is 0 Å². The van der Waals surface area contributed by atoms with Crippen molar-refractivity contribution in [1.29, 1.82) is 0 Å². The van der Waals surface area contributed by atoms with Crippen molar-refractivity contribution in [2.24, 2.45) is 0 Å². The van der Waals surface area contributed by atoms with E-state index in [2.05, 4.69) is 20.7 Å².